The van der Waals surface area contributed by atoms with E-state index < -0.39 is 22.0 Å². The molecule has 1 rings (SSSR count). The van der Waals surface area contributed by atoms with Gasteiger partial charge in [0.15, 0.2) is 6.04 Å². The lowest BCUT2D eigenvalue weighted by molar-refractivity contribution is -0.138. The second-order valence-corrected chi connectivity index (χ2v) is 7.30. The first-order valence-electron chi connectivity index (χ1n) is 6.93. The third kappa shape index (κ3) is 6.76. The van der Waals surface area contributed by atoms with E-state index in [0.717, 1.165) is 6.26 Å². The number of nitrogens with one attached hydrogen (secondary N) is 2. The molecular formula is C12H24N4O4S. The Balaban J connectivity index is 3.00. The highest BCUT2D eigenvalue weighted by molar-refractivity contribution is 7.89. The minimum absolute atomic E-state index is 0.118. The maximum Gasteiger partial charge on any atom is 0.328 e. The van der Waals surface area contributed by atoms with Crippen molar-refractivity contribution >= 4 is 22.0 Å². The molecule has 1 saturated heterocycles. The monoisotopic (exact) mass is 320 g/mol. The fourth-order valence-corrected chi connectivity index (χ4v) is 2.53. The SMILES string of the molecule is CC(C)CC(N=C(NS(C)(=O)=O)N1CCNCC1)C(=O)O. The van der Waals surface area contributed by atoms with Crippen LogP contribution in [-0.4, -0.2) is 68.8 Å². The topological polar surface area (TPSA) is 111 Å². The number of carbonyl (C=O) groups is 1. The molecule has 1 fully saturated rings. The molecule has 0 amide bonds. The summed E-state index contributed by atoms with van der Waals surface area (Å²) >= 11 is 0. The normalized spacial score (nSPS) is 18.7. The first-order valence-corrected chi connectivity index (χ1v) is 8.82. The van der Waals surface area contributed by atoms with E-state index in [1.54, 1.807) is 4.90 Å². The molecule has 0 bridgehead atoms. The van der Waals surface area contributed by atoms with Crippen molar-refractivity contribution in [2.24, 2.45) is 10.9 Å². The van der Waals surface area contributed by atoms with E-state index in [1.807, 2.05) is 13.8 Å². The van der Waals surface area contributed by atoms with Crippen LogP contribution in [0.4, 0.5) is 0 Å². The number of hydrogen-bond acceptors (Lipinski definition) is 5. The molecule has 8 nitrogen and oxygen atoms in total. The van der Waals surface area contributed by atoms with Crippen molar-refractivity contribution in [2.45, 2.75) is 26.3 Å². The van der Waals surface area contributed by atoms with Gasteiger partial charge in [0.1, 0.15) is 0 Å². The van der Waals surface area contributed by atoms with Crippen LogP contribution < -0.4 is 10.0 Å². The van der Waals surface area contributed by atoms with Crippen LogP contribution >= 0.6 is 0 Å². The summed E-state index contributed by atoms with van der Waals surface area (Å²) in [6.07, 6.45) is 1.39. The van der Waals surface area contributed by atoms with Crippen molar-refractivity contribution in [2.75, 3.05) is 32.4 Å². The Morgan fingerprint density at radius 1 is 1.38 bits per heavy atom. The molecule has 0 aromatic carbocycles. The number of sulfonamides is 1. The van der Waals surface area contributed by atoms with Crippen LogP contribution in [0.15, 0.2) is 4.99 Å². The molecule has 0 spiro atoms. The third-order valence-corrected chi connectivity index (χ3v) is 3.50. The standard InChI is InChI=1S/C12H24N4O4S/c1-9(2)8-10(11(17)18)14-12(15-21(3,19)20)16-6-4-13-5-7-16/h9-10,13H,4-8H2,1-3H3,(H,14,15)(H,17,18). The molecule has 1 unspecified atom stereocenters. The van der Waals surface area contributed by atoms with Crippen LogP contribution in [0, 0.1) is 5.92 Å². The van der Waals surface area contributed by atoms with Gasteiger partial charge in [-0.3, -0.25) is 4.72 Å². The molecule has 122 valence electrons. The summed E-state index contributed by atoms with van der Waals surface area (Å²) in [7, 11) is -3.51. The first kappa shape index (κ1) is 17.7. The number of piperazine rings is 1. The predicted molar refractivity (Wildman–Crippen MR) is 80.7 cm³/mol. The number of hydrogen-bond donors (Lipinski definition) is 3. The van der Waals surface area contributed by atoms with Crippen LogP contribution in [0.1, 0.15) is 20.3 Å². The highest BCUT2D eigenvalue weighted by Crippen LogP contribution is 2.10. The Bertz CT molecular complexity index is 483. The minimum atomic E-state index is -3.51. The molecule has 1 atom stereocenters. The average Bonchev–Trinajstić information content (AvgIpc) is 2.36. The van der Waals surface area contributed by atoms with Crippen molar-refractivity contribution in [3.63, 3.8) is 0 Å². The van der Waals surface area contributed by atoms with Gasteiger partial charge in [0.25, 0.3) is 0 Å². The largest absolute Gasteiger partial charge is 0.480 e. The van der Waals surface area contributed by atoms with Gasteiger partial charge in [-0.05, 0) is 12.3 Å². The van der Waals surface area contributed by atoms with E-state index in [9.17, 15) is 18.3 Å². The maximum absolute atomic E-state index is 11.5. The molecule has 0 aromatic rings. The van der Waals surface area contributed by atoms with Crippen LogP contribution in [0.5, 0.6) is 0 Å². The summed E-state index contributed by atoms with van der Waals surface area (Å²) in [5.41, 5.74) is 0. The molecule has 21 heavy (non-hydrogen) atoms. The molecular weight excluding hydrogens is 296 g/mol. The number of carboxylic acid groups (broad SMARTS) is 1. The van der Waals surface area contributed by atoms with Crippen molar-refractivity contribution in [1.82, 2.24) is 14.9 Å². The molecule has 0 aromatic heterocycles. The summed E-state index contributed by atoms with van der Waals surface area (Å²) in [6, 6.07) is -0.955. The zero-order valence-corrected chi connectivity index (χ0v) is 13.5. The van der Waals surface area contributed by atoms with Gasteiger partial charge < -0.3 is 15.3 Å². The van der Waals surface area contributed by atoms with Crippen LogP contribution in [0.25, 0.3) is 0 Å². The summed E-state index contributed by atoms with van der Waals surface area (Å²) in [6.45, 7) is 6.36. The van der Waals surface area contributed by atoms with Crippen LogP contribution in [0.3, 0.4) is 0 Å². The van der Waals surface area contributed by atoms with Gasteiger partial charge in [-0.2, -0.15) is 0 Å². The van der Waals surface area contributed by atoms with Crippen molar-refractivity contribution in [3.8, 4) is 0 Å². The second-order valence-electron chi connectivity index (χ2n) is 5.55. The molecule has 0 aliphatic carbocycles. The van der Waals surface area contributed by atoms with E-state index >= 15 is 0 Å². The fourth-order valence-electron chi connectivity index (χ4n) is 2.02. The smallest absolute Gasteiger partial charge is 0.328 e. The number of nitrogens with zero attached hydrogens (tertiary/aromatic N) is 2. The Labute approximate surface area is 125 Å². The third-order valence-electron chi connectivity index (χ3n) is 2.95. The Morgan fingerprint density at radius 3 is 2.38 bits per heavy atom. The lowest BCUT2D eigenvalue weighted by Gasteiger charge is -2.30. The zero-order valence-electron chi connectivity index (χ0n) is 12.7. The van der Waals surface area contributed by atoms with Crippen LogP contribution in [-0.2, 0) is 14.8 Å². The zero-order chi connectivity index (χ0) is 16.0. The van der Waals surface area contributed by atoms with E-state index in [2.05, 4.69) is 15.0 Å². The van der Waals surface area contributed by atoms with Gasteiger partial charge >= 0.3 is 5.97 Å². The van der Waals surface area contributed by atoms with Gasteiger partial charge in [0.2, 0.25) is 16.0 Å². The first-order chi connectivity index (χ1) is 9.69. The molecule has 1 aliphatic rings. The van der Waals surface area contributed by atoms with E-state index in [-0.39, 0.29) is 11.9 Å². The summed E-state index contributed by atoms with van der Waals surface area (Å²) in [5, 5.41) is 12.4. The Hall–Kier alpha value is -1.35. The second kappa shape index (κ2) is 7.60. The number of aliphatic imine (C=N–C) groups is 1. The van der Waals surface area contributed by atoms with Crippen molar-refractivity contribution in [3.05, 3.63) is 0 Å². The van der Waals surface area contributed by atoms with Crippen molar-refractivity contribution in [1.29, 1.82) is 0 Å². The lowest BCUT2D eigenvalue weighted by Crippen LogP contribution is -2.52. The molecule has 0 radical (unpaired) electrons. The number of guanidine groups is 1. The average molecular weight is 320 g/mol. The van der Waals surface area contributed by atoms with Gasteiger partial charge in [-0.25, -0.2) is 18.2 Å². The highest BCUT2D eigenvalue weighted by Gasteiger charge is 2.23. The number of rotatable bonds is 5. The molecule has 1 heterocycles. The molecule has 3 N–H and O–H groups in total. The lowest BCUT2D eigenvalue weighted by atomic mass is 10.0. The van der Waals surface area contributed by atoms with Crippen molar-refractivity contribution < 1.29 is 18.3 Å². The number of carboxylic acids is 1. The minimum Gasteiger partial charge on any atom is -0.480 e. The molecule has 0 saturated carbocycles. The van der Waals surface area contributed by atoms with Gasteiger partial charge in [-0.15, -0.1) is 0 Å². The predicted octanol–water partition coefficient (Wildman–Crippen LogP) is -0.704. The summed E-state index contributed by atoms with van der Waals surface area (Å²) in [4.78, 5) is 17.2. The highest BCUT2D eigenvalue weighted by atomic mass is 32.2. The molecule has 9 heteroatoms. The van der Waals surface area contributed by atoms with E-state index in [0.29, 0.717) is 32.6 Å². The molecule has 1 aliphatic heterocycles. The maximum atomic E-state index is 11.5. The number of aliphatic carboxylic acids is 1. The van der Waals surface area contributed by atoms with Gasteiger partial charge in [0.05, 0.1) is 6.26 Å². The van der Waals surface area contributed by atoms with E-state index in [1.165, 1.54) is 0 Å². The Morgan fingerprint density at radius 2 is 1.95 bits per heavy atom. The quantitative estimate of drug-likeness (QED) is 0.456. The fraction of sp³-hybridized carbons (Fsp3) is 0.833. The summed E-state index contributed by atoms with van der Waals surface area (Å²) < 4.78 is 25.3. The van der Waals surface area contributed by atoms with Crippen LogP contribution in [0.2, 0.25) is 0 Å². The van der Waals surface area contributed by atoms with Gasteiger partial charge in [-0.1, -0.05) is 13.8 Å². The summed E-state index contributed by atoms with van der Waals surface area (Å²) in [5.74, 6) is -0.781. The van der Waals surface area contributed by atoms with Gasteiger partial charge in [0, 0.05) is 26.2 Å². The Kier molecular flexibility index (Phi) is 6.41. The van der Waals surface area contributed by atoms with E-state index in [4.69, 9.17) is 0 Å².